The van der Waals surface area contributed by atoms with Crippen LogP contribution in [0.1, 0.15) is 62.0 Å². The van der Waals surface area contributed by atoms with E-state index in [-0.39, 0.29) is 42.2 Å². The topological polar surface area (TPSA) is 124 Å². The van der Waals surface area contributed by atoms with Crippen molar-refractivity contribution in [1.29, 1.82) is 0 Å². The molecule has 3 aromatic rings. The summed E-state index contributed by atoms with van der Waals surface area (Å²) < 4.78 is 19.4. The van der Waals surface area contributed by atoms with Gasteiger partial charge in [0.1, 0.15) is 23.7 Å². The third-order valence-electron chi connectivity index (χ3n) is 12.3. The molecule has 10 nitrogen and oxygen atoms in total. The number of carbonyl (C=O) groups is 2. The lowest BCUT2D eigenvalue weighted by atomic mass is 9.45. The zero-order chi connectivity index (χ0) is 38.2. The van der Waals surface area contributed by atoms with Gasteiger partial charge in [-0.15, -0.1) is 0 Å². The second-order valence-corrected chi connectivity index (χ2v) is 16.0. The lowest BCUT2D eigenvalue weighted by molar-refractivity contribution is -0.183. The van der Waals surface area contributed by atoms with Gasteiger partial charge in [-0.1, -0.05) is 51.1 Å². The monoisotopic (exact) mass is 730 g/mol. The average molecular weight is 731 g/mol. The van der Waals surface area contributed by atoms with Crippen molar-refractivity contribution in [2.75, 3.05) is 39.3 Å². The number of halogens is 1. The van der Waals surface area contributed by atoms with Crippen molar-refractivity contribution in [3.05, 3.63) is 83.2 Å². The summed E-state index contributed by atoms with van der Waals surface area (Å²) in [7, 11) is 5.41. The number of ether oxygens (including phenoxy) is 1. The number of nitrogens with one attached hydrogen (secondary N) is 2. The Morgan fingerprint density at radius 2 is 1.85 bits per heavy atom. The van der Waals surface area contributed by atoms with E-state index in [4.69, 9.17) is 9.57 Å². The zero-order valence-electron chi connectivity index (χ0n) is 31.9. The normalized spacial score (nSPS) is 26.7. The first-order valence-corrected chi connectivity index (χ1v) is 18.8. The Morgan fingerprint density at radius 1 is 1.11 bits per heavy atom. The fourth-order valence-corrected chi connectivity index (χ4v) is 9.06. The molecule has 3 aliphatic carbocycles. The highest BCUT2D eigenvalue weighted by atomic mass is 19.1. The van der Waals surface area contributed by atoms with E-state index in [0.29, 0.717) is 42.0 Å². The summed E-state index contributed by atoms with van der Waals surface area (Å²) in [5, 5.41) is 29.1. The Kier molecular flexibility index (Phi) is 11.5. The molecule has 1 aliphatic heterocycles. The predicted octanol–water partition coefficient (Wildman–Crippen LogP) is 5.20. The van der Waals surface area contributed by atoms with E-state index in [9.17, 15) is 24.2 Å². The van der Waals surface area contributed by atoms with Crippen LogP contribution in [-0.4, -0.2) is 85.7 Å². The summed E-state index contributed by atoms with van der Waals surface area (Å²) in [6, 6.07) is 16.8. The first kappa shape index (κ1) is 38.7. The van der Waals surface area contributed by atoms with Crippen LogP contribution in [0.2, 0.25) is 0 Å². The van der Waals surface area contributed by atoms with Crippen LogP contribution < -0.4 is 20.3 Å². The minimum Gasteiger partial charge on any atom is -0.496 e. The zero-order valence-corrected chi connectivity index (χ0v) is 31.9. The molecule has 53 heavy (non-hydrogen) atoms. The highest BCUT2D eigenvalue weighted by Gasteiger charge is 2.57. The van der Waals surface area contributed by atoms with Gasteiger partial charge < -0.3 is 30.5 Å². The van der Waals surface area contributed by atoms with Gasteiger partial charge in [-0.2, -0.15) is 5.06 Å². The molecule has 7 rings (SSSR count). The van der Waals surface area contributed by atoms with Crippen LogP contribution in [0.4, 0.5) is 10.1 Å². The lowest BCUT2D eigenvalue weighted by Gasteiger charge is -2.62. The van der Waals surface area contributed by atoms with Crippen molar-refractivity contribution in [2.24, 2.45) is 29.1 Å². The summed E-state index contributed by atoms with van der Waals surface area (Å²) >= 11 is 0. The summed E-state index contributed by atoms with van der Waals surface area (Å²) in [6.07, 6.45) is 0.997. The molecule has 11 heteroatoms. The van der Waals surface area contributed by atoms with Gasteiger partial charge >= 0.3 is 0 Å². The van der Waals surface area contributed by atoms with Crippen LogP contribution in [0.5, 0.6) is 5.75 Å². The predicted molar refractivity (Wildman–Crippen MR) is 203 cm³/mol. The molecule has 1 saturated heterocycles. The Labute approximate surface area is 312 Å². The fraction of sp³-hybridized carbons (Fsp3) is 0.524. The molecule has 4 aliphatic rings. The molecule has 0 spiro atoms. The molecule has 0 aromatic heterocycles. The number of hydrogen-bond donors (Lipinski definition) is 4. The van der Waals surface area contributed by atoms with Crippen molar-refractivity contribution in [3.8, 4) is 16.9 Å². The van der Waals surface area contributed by atoms with E-state index >= 15 is 0 Å². The van der Waals surface area contributed by atoms with E-state index in [1.54, 1.807) is 31.2 Å². The largest absolute Gasteiger partial charge is 0.496 e. The number of aliphatic hydroxyl groups is 2. The molecule has 2 amide bonds. The smallest absolute Gasteiger partial charge is 0.251 e. The van der Waals surface area contributed by atoms with Crippen LogP contribution >= 0.6 is 0 Å². The van der Waals surface area contributed by atoms with Crippen molar-refractivity contribution in [1.82, 2.24) is 15.7 Å². The number of nitrogens with zero attached hydrogens (tertiary/aromatic N) is 2. The maximum atomic E-state index is 14.2. The van der Waals surface area contributed by atoms with Gasteiger partial charge in [0.2, 0.25) is 5.91 Å². The van der Waals surface area contributed by atoms with E-state index in [1.807, 2.05) is 55.4 Å². The van der Waals surface area contributed by atoms with Gasteiger partial charge in [-0.3, -0.25) is 14.4 Å². The van der Waals surface area contributed by atoms with Crippen LogP contribution in [0, 0.1) is 34.9 Å². The molecule has 8 atom stereocenters. The molecular formula is C42H55FN4O6. The molecule has 3 saturated carbocycles. The number of rotatable bonds is 13. The van der Waals surface area contributed by atoms with Crippen molar-refractivity contribution >= 4 is 17.5 Å². The molecule has 3 aromatic carbocycles. The van der Waals surface area contributed by atoms with Gasteiger partial charge in [0.05, 0.1) is 26.4 Å². The van der Waals surface area contributed by atoms with Crippen molar-refractivity contribution < 1.29 is 33.8 Å². The number of fused-ring (bicyclic) bond motifs is 2. The Hall–Kier alpha value is -4.03. The number of benzene rings is 3. The molecule has 1 heterocycles. The average Bonchev–Trinajstić information content (AvgIpc) is 3.51. The molecule has 2 bridgehead atoms. The summed E-state index contributed by atoms with van der Waals surface area (Å²) in [4.78, 5) is 35.8. The van der Waals surface area contributed by atoms with Gasteiger partial charge in [-0.05, 0) is 90.8 Å². The highest BCUT2D eigenvalue weighted by Crippen LogP contribution is 2.61. The molecular weight excluding hydrogens is 675 g/mol. The van der Waals surface area contributed by atoms with Crippen LogP contribution in [0.15, 0.2) is 60.7 Å². The number of anilines is 1. The van der Waals surface area contributed by atoms with Gasteiger partial charge in [-0.25, -0.2) is 4.39 Å². The Balaban J connectivity index is 1.25. The van der Waals surface area contributed by atoms with E-state index in [0.717, 1.165) is 34.4 Å². The minimum absolute atomic E-state index is 0.0279. The standard InChI is InChI=1S/C42H55FN4O6/c1-24-34-20-30(42(34,3)4)21-35(24)45-41(51)38-37(25(2)49)36(23-48)53-47(38)22-27-9-8-10-33(39(27)52-7)28-17-29(19-32(18-28)46(5)6)40(50)44-16-15-26-11-13-31(43)14-12-26/h8-14,17-19,24-25,30,34-38,48-49H,15-16,20-23H2,1-7H3,(H,44,50)(H,45,51)/t24-,25-,30-,34-,35-,36-,37+,38-/m0/s1. The molecule has 286 valence electrons. The van der Waals surface area contributed by atoms with Crippen LogP contribution in [0.3, 0.4) is 0 Å². The second-order valence-electron chi connectivity index (χ2n) is 16.0. The van der Waals surface area contributed by atoms with E-state index in [1.165, 1.54) is 18.6 Å². The molecule has 0 unspecified atom stereocenters. The van der Waals surface area contributed by atoms with Crippen LogP contribution in [0.25, 0.3) is 11.1 Å². The molecule has 4 fully saturated rings. The number of hydrogen-bond acceptors (Lipinski definition) is 8. The number of para-hydroxylation sites is 1. The molecule has 4 N–H and O–H groups in total. The number of hydroxylamine groups is 2. The first-order valence-electron chi connectivity index (χ1n) is 18.8. The van der Waals surface area contributed by atoms with E-state index < -0.39 is 24.2 Å². The highest BCUT2D eigenvalue weighted by molar-refractivity contribution is 5.97. The summed E-state index contributed by atoms with van der Waals surface area (Å²) in [6.45, 7) is 8.70. The third-order valence-corrected chi connectivity index (χ3v) is 12.3. The van der Waals surface area contributed by atoms with Gasteiger partial charge in [0.15, 0.2) is 0 Å². The van der Waals surface area contributed by atoms with Gasteiger partial charge in [0, 0.05) is 55.0 Å². The maximum Gasteiger partial charge on any atom is 0.251 e. The quantitative estimate of drug-likeness (QED) is 0.189. The minimum atomic E-state index is -0.911. The van der Waals surface area contributed by atoms with Crippen molar-refractivity contribution in [3.63, 3.8) is 0 Å². The second kappa shape index (κ2) is 15.8. The number of amides is 2. The Bertz CT molecular complexity index is 1780. The summed E-state index contributed by atoms with van der Waals surface area (Å²) in [5.41, 5.74) is 4.74. The maximum absolute atomic E-state index is 14.2. The number of aliphatic hydroxyl groups excluding tert-OH is 2. The van der Waals surface area contributed by atoms with Gasteiger partial charge in [0.25, 0.3) is 5.91 Å². The van der Waals surface area contributed by atoms with Crippen molar-refractivity contribution in [2.45, 2.75) is 77.8 Å². The summed E-state index contributed by atoms with van der Waals surface area (Å²) in [5.74, 6) is 0.583. The number of carbonyl (C=O) groups excluding carboxylic acids is 2. The fourth-order valence-electron chi connectivity index (χ4n) is 9.06. The number of methoxy groups -OCH3 is 1. The Morgan fingerprint density at radius 3 is 2.47 bits per heavy atom. The first-order chi connectivity index (χ1) is 25.2. The third kappa shape index (κ3) is 7.80. The molecule has 0 radical (unpaired) electrons. The lowest BCUT2D eigenvalue weighted by Crippen LogP contribution is -2.62. The SMILES string of the molecule is COc1c(CN2O[C@@H](CO)[C@@H]([C@H](C)O)[C@H]2C(=O)N[C@H]2C[C@@H]3C[C@@H]([C@@H]2C)C3(C)C)cccc1-c1cc(C(=O)NCCc2ccc(F)cc2)cc(N(C)C)c1. The van der Waals surface area contributed by atoms with Crippen LogP contribution in [-0.2, 0) is 22.6 Å². The van der Waals surface area contributed by atoms with E-state index in [2.05, 4.69) is 31.4 Å².